The number of aromatic nitrogens is 3. The van der Waals surface area contributed by atoms with Crippen molar-refractivity contribution in [2.45, 2.75) is 19.8 Å². The zero-order valence-corrected chi connectivity index (χ0v) is 13.5. The van der Waals surface area contributed by atoms with Gasteiger partial charge in [-0.25, -0.2) is 4.68 Å². The number of hydrogen-bond acceptors (Lipinski definition) is 3. The molecule has 0 saturated carbocycles. The van der Waals surface area contributed by atoms with Crippen LogP contribution in [-0.2, 0) is 0 Å². The van der Waals surface area contributed by atoms with Gasteiger partial charge in [0.2, 0.25) is 0 Å². The van der Waals surface area contributed by atoms with Crippen molar-refractivity contribution in [3.63, 3.8) is 0 Å². The van der Waals surface area contributed by atoms with Crippen LogP contribution in [0.3, 0.4) is 0 Å². The van der Waals surface area contributed by atoms with Crippen LogP contribution in [0.1, 0.15) is 30.3 Å². The van der Waals surface area contributed by atoms with E-state index in [1.807, 2.05) is 29.2 Å². The Kier molecular flexibility index (Phi) is 4.05. The average Bonchev–Trinajstić information content (AvgIpc) is 2.97. The first kappa shape index (κ1) is 14.3. The van der Waals surface area contributed by atoms with Gasteiger partial charge in [0, 0.05) is 17.6 Å². The molecule has 0 radical (unpaired) electrons. The minimum atomic E-state index is -0.0232. The van der Waals surface area contributed by atoms with Gasteiger partial charge in [-0.2, -0.15) is 0 Å². The van der Waals surface area contributed by atoms with Gasteiger partial charge >= 0.3 is 0 Å². The lowest BCUT2D eigenvalue weighted by atomic mass is 10.0. The highest BCUT2D eigenvalue weighted by Crippen LogP contribution is 2.18. The smallest absolute Gasteiger partial charge is 0.276 e. The predicted octanol–water partition coefficient (Wildman–Crippen LogP) is 2.90. The monoisotopic (exact) mass is 348 g/mol. The summed E-state index contributed by atoms with van der Waals surface area (Å²) in [6.45, 7) is 3.80. The number of amides is 1. The van der Waals surface area contributed by atoms with Crippen LogP contribution in [0.5, 0.6) is 0 Å². The molecule has 0 bridgehead atoms. The molecule has 0 unspecified atom stereocenters. The zero-order chi connectivity index (χ0) is 14.8. The first-order valence-corrected chi connectivity index (χ1v) is 7.90. The summed E-state index contributed by atoms with van der Waals surface area (Å²) in [4.78, 5) is 14.3. The molecule has 1 aliphatic heterocycles. The second-order valence-corrected chi connectivity index (χ2v) is 6.44. The number of piperidine rings is 1. The Morgan fingerprint density at radius 2 is 2.10 bits per heavy atom. The highest BCUT2D eigenvalue weighted by atomic mass is 79.9. The zero-order valence-electron chi connectivity index (χ0n) is 11.9. The van der Waals surface area contributed by atoms with Gasteiger partial charge in [-0.1, -0.05) is 28.1 Å². The van der Waals surface area contributed by atoms with Crippen LogP contribution in [-0.4, -0.2) is 38.9 Å². The molecule has 1 amide bonds. The van der Waals surface area contributed by atoms with E-state index in [4.69, 9.17) is 0 Å². The Hall–Kier alpha value is -1.69. The quantitative estimate of drug-likeness (QED) is 0.838. The van der Waals surface area contributed by atoms with Crippen LogP contribution < -0.4 is 0 Å². The second kappa shape index (κ2) is 5.97. The maximum Gasteiger partial charge on any atom is 0.276 e. The molecule has 2 heterocycles. The summed E-state index contributed by atoms with van der Waals surface area (Å²) in [7, 11) is 0. The number of halogens is 1. The lowest BCUT2D eigenvalue weighted by molar-refractivity contribution is 0.0677. The molecule has 21 heavy (non-hydrogen) atoms. The highest BCUT2D eigenvalue weighted by Gasteiger charge is 2.24. The molecular formula is C15H17BrN4O. The number of carbonyl (C=O) groups excluding carboxylic acids is 1. The van der Waals surface area contributed by atoms with Gasteiger partial charge in [0.15, 0.2) is 5.69 Å². The molecule has 2 aromatic rings. The van der Waals surface area contributed by atoms with E-state index in [0.717, 1.165) is 29.7 Å². The summed E-state index contributed by atoms with van der Waals surface area (Å²) < 4.78 is 2.64. The topological polar surface area (TPSA) is 51.0 Å². The van der Waals surface area contributed by atoms with Crippen molar-refractivity contribution < 1.29 is 4.79 Å². The van der Waals surface area contributed by atoms with Crippen LogP contribution >= 0.6 is 15.9 Å². The van der Waals surface area contributed by atoms with Gasteiger partial charge in [0.05, 0.1) is 11.9 Å². The van der Waals surface area contributed by atoms with Crippen LogP contribution in [0.25, 0.3) is 5.69 Å². The molecular weight excluding hydrogens is 332 g/mol. The Labute approximate surface area is 132 Å². The number of carbonyl (C=O) groups is 1. The molecule has 1 fully saturated rings. The Balaban J connectivity index is 1.78. The summed E-state index contributed by atoms with van der Waals surface area (Å²) in [5, 5.41) is 8.08. The minimum Gasteiger partial charge on any atom is -0.337 e. The van der Waals surface area contributed by atoms with Crippen LogP contribution in [0.15, 0.2) is 34.9 Å². The molecule has 1 aliphatic rings. The molecule has 0 N–H and O–H groups in total. The largest absolute Gasteiger partial charge is 0.337 e. The van der Waals surface area contributed by atoms with Gasteiger partial charge in [-0.15, -0.1) is 5.10 Å². The summed E-state index contributed by atoms with van der Waals surface area (Å²) in [5.74, 6) is 0.536. The van der Waals surface area contributed by atoms with Crippen molar-refractivity contribution in [1.29, 1.82) is 0 Å². The lowest BCUT2D eigenvalue weighted by Crippen LogP contribution is -2.39. The van der Waals surface area contributed by atoms with Gasteiger partial charge in [0.25, 0.3) is 5.91 Å². The van der Waals surface area contributed by atoms with Crippen LogP contribution in [0, 0.1) is 5.92 Å². The lowest BCUT2D eigenvalue weighted by Gasteiger charge is -2.30. The number of hydrogen-bond donors (Lipinski definition) is 0. The van der Waals surface area contributed by atoms with Gasteiger partial charge < -0.3 is 4.90 Å². The van der Waals surface area contributed by atoms with Crippen molar-refractivity contribution in [1.82, 2.24) is 19.9 Å². The Morgan fingerprint density at radius 3 is 2.81 bits per heavy atom. The van der Waals surface area contributed by atoms with Crippen molar-refractivity contribution >= 4 is 21.8 Å². The fourth-order valence-corrected chi connectivity index (χ4v) is 2.88. The molecule has 1 atom stereocenters. The van der Waals surface area contributed by atoms with Crippen molar-refractivity contribution in [2.75, 3.05) is 13.1 Å². The highest BCUT2D eigenvalue weighted by molar-refractivity contribution is 9.10. The molecule has 5 nitrogen and oxygen atoms in total. The van der Waals surface area contributed by atoms with E-state index in [-0.39, 0.29) is 5.91 Å². The summed E-state index contributed by atoms with van der Waals surface area (Å²) in [6, 6.07) is 7.72. The third-order valence-corrected chi connectivity index (χ3v) is 4.28. The first-order chi connectivity index (χ1) is 10.1. The van der Waals surface area contributed by atoms with E-state index in [1.165, 1.54) is 6.42 Å². The normalized spacial score (nSPS) is 18.8. The summed E-state index contributed by atoms with van der Waals surface area (Å²) in [6.07, 6.45) is 3.95. The molecule has 1 aromatic heterocycles. The Morgan fingerprint density at radius 1 is 1.33 bits per heavy atom. The molecule has 110 valence electrons. The SMILES string of the molecule is C[C@@H]1CCCN(C(=O)c2cn(-c3ccc(Br)cc3)nn2)C1. The van der Waals surface area contributed by atoms with E-state index >= 15 is 0 Å². The molecule has 1 saturated heterocycles. The number of likely N-dealkylation sites (tertiary alicyclic amines) is 1. The molecule has 0 spiro atoms. The van der Waals surface area contributed by atoms with Crippen molar-refractivity contribution in [3.05, 3.63) is 40.6 Å². The van der Waals surface area contributed by atoms with Crippen molar-refractivity contribution in [2.24, 2.45) is 5.92 Å². The van der Waals surface area contributed by atoms with E-state index in [0.29, 0.717) is 11.6 Å². The van der Waals surface area contributed by atoms with Crippen molar-refractivity contribution in [3.8, 4) is 5.69 Å². The number of nitrogens with zero attached hydrogens (tertiary/aromatic N) is 4. The predicted molar refractivity (Wildman–Crippen MR) is 83.4 cm³/mol. The first-order valence-electron chi connectivity index (χ1n) is 7.11. The average molecular weight is 349 g/mol. The van der Waals surface area contributed by atoms with E-state index in [9.17, 15) is 4.79 Å². The maximum absolute atomic E-state index is 12.4. The van der Waals surface area contributed by atoms with E-state index in [2.05, 4.69) is 33.2 Å². The van der Waals surface area contributed by atoms with E-state index < -0.39 is 0 Å². The molecule has 6 heteroatoms. The number of rotatable bonds is 2. The van der Waals surface area contributed by atoms with E-state index in [1.54, 1.807) is 10.9 Å². The van der Waals surface area contributed by atoms with Gasteiger partial charge in [0.1, 0.15) is 0 Å². The van der Waals surface area contributed by atoms with Crippen LogP contribution in [0.2, 0.25) is 0 Å². The molecule has 0 aliphatic carbocycles. The standard InChI is InChI=1S/C15H17BrN4O/c1-11-3-2-8-19(9-11)15(21)14-10-20(18-17-14)13-6-4-12(16)5-7-13/h4-7,10-11H,2-3,8-9H2,1H3/t11-/m1/s1. The second-order valence-electron chi connectivity index (χ2n) is 5.52. The fourth-order valence-electron chi connectivity index (χ4n) is 2.62. The van der Waals surface area contributed by atoms with Gasteiger partial charge in [-0.3, -0.25) is 4.79 Å². The number of benzene rings is 1. The Bertz CT molecular complexity index is 637. The van der Waals surface area contributed by atoms with Gasteiger partial charge in [-0.05, 0) is 43.0 Å². The fraction of sp³-hybridized carbons (Fsp3) is 0.400. The summed E-state index contributed by atoms with van der Waals surface area (Å²) in [5.41, 5.74) is 1.30. The molecule has 1 aromatic carbocycles. The third kappa shape index (κ3) is 3.15. The van der Waals surface area contributed by atoms with Crippen LogP contribution in [0.4, 0.5) is 0 Å². The molecule has 3 rings (SSSR count). The summed E-state index contributed by atoms with van der Waals surface area (Å²) >= 11 is 3.40. The minimum absolute atomic E-state index is 0.0232. The maximum atomic E-state index is 12.4. The third-order valence-electron chi connectivity index (χ3n) is 3.75.